The van der Waals surface area contributed by atoms with Gasteiger partial charge in [-0.05, 0) is 27.7 Å². The summed E-state index contributed by atoms with van der Waals surface area (Å²) in [6, 6.07) is -0.643. The van der Waals surface area contributed by atoms with E-state index in [2.05, 4.69) is 10.4 Å². The summed E-state index contributed by atoms with van der Waals surface area (Å²) < 4.78 is 50.3. The van der Waals surface area contributed by atoms with Crippen LogP contribution in [0.15, 0.2) is 6.20 Å². The third-order valence-corrected chi connectivity index (χ3v) is 2.52. The van der Waals surface area contributed by atoms with Crippen LogP contribution in [0.4, 0.5) is 23.7 Å². The van der Waals surface area contributed by atoms with Crippen molar-refractivity contribution < 1.29 is 27.4 Å². The molecule has 0 aromatic carbocycles. The third kappa shape index (κ3) is 4.90. The molecule has 1 aromatic heterocycles. The van der Waals surface area contributed by atoms with Gasteiger partial charge in [-0.3, -0.25) is 10.00 Å². The van der Waals surface area contributed by atoms with Crippen molar-refractivity contribution in [2.24, 2.45) is 0 Å². The number of nitrogens with one attached hydrogen (secondary N) is 1. The van der Waals surface area contributed by atoms with Gasteiger partial charge in [-0.2, -0.15) is 18.3 Å². The molecule has 22 heavy (non-hydrogen) atoms. The fourth-order valence-corrected chi connectivity index (χ4v) is 1.80. The molecule has 0 spiro atoms. The summed E-state index contributed by atoms with van der Waals surface area (Å²) in [5, 5.41) is 5.78. The summed E-state index contributed by atoms with van der Waals surface area (Å²) in [6.07, 6.45) is -4.71. The molecule has 1 N–H and O–H groups in total. The first kappa shape index (κ1) is 18.3. The second kappa shape index (κ2) is 6.55. The number of anilines is 1. The molecule has 0 saturated carbocycles. The van der Waals surface area contributed by atoms with Gasteiger partial charge in [-0.1, -0.05) is 0 Å². The van der Waals surface area contributed by atoms with Crippen molar-refractivity contribution in [2.45, 2.75) is 45.5 Å². The Morgan fingerprint density at radius 1 is 1.41 bits per heavy atom. The van der Waals surface area contributed by atoms with Crippen LogP contribution in [-0.2, 0) is 15.7 Å². The van der Waals surface area contributed by atoms with Crippen molar-refractivity contribution in [1.82, 2.24) is 9.78 Å². The minimum Gasteiger partial charge on any atom is -0.444 e. The first-order valence-electron chi connectivity index (χ1n) is 6.59. The minimum absolute atomic E-state index is 0.0522. The molecule has 0 aliphatic rings. The van der Waals surface area contributed by atoms with E-state index >= 15 is 0 Å². The van der Waals surface area contributed by atoms with E-state index in [1.165, 1.54) is 14.0 Å². The molecular formula is C13H20F3N3O3. The van der Waals surface area contributed by atoms with Crippen LogP contribution in [0.5, 0.6) is 0 Å². The van der Waals surface area contributed by atoms with Gasteiger partial charge in [0.25, 0.3) is 0 Å². The molecule has 1 atom stereocenters. The average molecular weight is 323 g/mol. The molecular weight excluding hydrogens is 303 g/mol. The van der Waals surface area contributed by atoms with E-state index in [0.717, 1.165) is 10.9 Å². The van der Waals surface area contributed by atoms with Crippen molar-refractivity contribution in [1.29, 1.82) is 0 Å². The summed E-state index contributed by atoms with van der Waals surface area (Å²) in [5.41, 5.74) is -2.32. The lowest BCUT2D eigenvalue weighted by molar-refractivity contribution is -0.144. The predicted octanol–water partition coefficient (Wildman–Crippen LogP) is 3.46. The van der Waals surface area contributed by atoms with E-state index in [1.54, 1.807) is 20.8 Å². The zero-order valence-electron chi connectivity index (χ0n) is 13.1. The predicted molar refractivity (Wildman–Crippen MR) is 73.7 cm³/mol. The molecule has 0 fully saturated rings. The van der Waals surface area contributed by atoms with E-state index < -0.39 is 35.3 Å². The molecule has 126 valence electrons. The summed E-state index contributed by atoms with van der Waals surface area (Å²) in [4.78, 5) is 11.6. The van der Waals surface area contributed by atoms with E-state index in [-0.39, 0.29) is 6.61 Å². The molecule has 0 aliphatic heterocycles. The van der Waals surface area contributed by atoms with E-state index in [0.29, 0.717) is 0 Å². The molecule has 0 aliphatic carbocycles. The van der Waals surface area contributed by atoms with Crippen LogP contribution < -0.4 is 5.32 Å². The Kier molecular flexibility index (Phi) is 5.44. The molecule has 1 heterocycles. The Balaban J connectivity index is 3.08. The third-order valence-electron chi connectivity index (χ3n) is 2.52. The second-order valence-electron chi connectivity index (χ2n) is 5.78. The maximum Gasteiger partial charge on any atom is 0.435 e. The zero-order valence-corrected chi connectivity index (χ0v) is 13.1. The highest BCUT2D eigenvalue weighted by molar-refractivity contribution is 5.85. The number of ether oxygens (including phenoxy) is 2. The normalized spacial score (nSPS) is 13.8. The molecule has 9 heteroatoms. The molecule has 1 amide bonds. The van der Waals surface area contributed by atoms with Crippen molar-refractivity contribution in [2.75, 3.05) is 19.0 Å². The second-order valence-corrected chi connectivity index (χ2v) is 5.78. The van der Waals surface area contributed by atoms with Crippen LogP contribution in [0.1, 0.15) is 39.4 Å². The number of amides is 1. The van der Waals surface area contributed by atoms with Gasteiger partial charge in [0.1, 0.15) is 5.60 Å². The standard InChI is InChI=1S/C13H20F3N3O3/c1-8(7-21-5)19-10(13(14,15)16)9(6-17-19)18-11(20)22-12(2,3)4/h6,8H,7H2,1-5H3,(H,18,20). The first-order chi connectivity index (χ1) is 9.95. The number of nitrogens with zero attached hydrogens (tertiary/aromatic N) is 2. The van der Waals surface area contributed by atoms with Crippen LogP contribution >= 0.6 is 0 Å². The highest BCUT2D eigenvalue weighted by Crippen LogP contribution is 2.36. The van der Waals surface area contributed by atoms with Crippen LogP contribution in [0.2, 0.25) is 0 Å². The van der Waals surface area contributed by atoms with Crippen molar-refractivity contribution in [3.63, 3.8) is 0 Å². The van der Waals surface area contributed by atoms with E-state index in [1.807, 2.05) is 0 Å². The van der Waals surface area contributed by atoms with Crippen LogP contribution in [0.3, 0.4) is 0 Å². The summed E-state index contributed by atoms with van der Waals surface area (Å²) in [6.45, 7) is 6.42. The van der Waals surface area contributed by atoms with Crippen molar-refractivity contribution in [3.8, 4) is 0 Å². The number of carbonyl (C=O) groups is 1. The van der Waals surface area contributed by atoms with Crippen molar-refractivity contribution in [3.05, 3.63) is 11.9 Å². The average Bonchev–Trinajstić information content (AvgIpc) is 2.69. The van der Waals surface area contributed by atoms with Gasteiger partial charge in [-0.25, -0.2) is 4.79 Å². The van der Waals surface area contributed by atoms with Gasteiger partial charge < -0.3 is 9.47 Å². The number of hydrogen-bond donors (Lipinski definition) is 1. The summed E-state index contributed by atoms with van der Waals surface area (Å²) in [7, 11) is 1.38. The minimum atomic E-state index is -4.68. The fraction of sp³-hybridized carbons (Fsp3) is 0.692. The molecule has 0 saturated heterocycles. The van der Waals surface area contributed by atoms with E-state index in [4.69, 9.17) is 9.47 Å². The topological polar surface area (TPSA) is 65.4 Å². The van der Waals surface area contributed by atoms with Gasteiger partial charge in [0.15, 0.2) is 5.69 Å². The van der Waals surface area contributed by atoms with E-state index in [9.17, 15) is 18.0 Å². The molecule has 1 aromatic rings. The Morgan fingerprint density at radius 2 is 2.00 bits per heavy atom. The summed E-state index contributed by atoms with van der Waals surface area (Å²) >= 11 is 0. The molecule has 1 rings (SSSR count). The van der Waals surface area contributed by atoms with Crippen LogP contribution in [0, 0.1) is 0 Å². The largest absolute Gasteiger partial charge is 0.444 e. The Labute approximate surface area is 126 Å². The smallest absolute Gasteiger partial charge is 0.435 e. The van der Waals surface area contributed by atoms with Gasteiger partial charge in [0.05, 0.1) is 24.5 Å². The van der Waals surface area contributed by atoms with Gasteiger partial charge >= 0.3 is 12.3 Å². The van der Waals surface area contributed by atoms with Crippen LogP contribution in [0.25, 0.3) is 0 Å². The number of aromatic nitrogens is 2. The lowest BCUT2D eigenvalue weighted by atomic mass is 10.2. The molecule has 1 unspecified atom stereocenters. The van der Waals surface area contributed by atoms with Gasteiger partial charge in [-0.15, -0.1) is 0 Å². The number of hydrogen-bond acceptors (Lipinski definition) is 4. The van der Waals surface area contributed by atoms with Crippen LogP contribution in [-0.4, -0.2) is 35.2 Å². The SMILES string of the molecule is COCC(C)n1ncc(NC(=O)OC(C)(C)C)c1C(F)(F)F. The number of methoxy groups -OCH3 is 1. The Morgan fingerprint density at radius 3 is 2.45 bits per heavy atom. The summed E-state index contributed by atoms with van der Waals surface area (Å²) in [5.74, 6) is 0. The molecule has 0 radical (unpaired) electrons. The highest BCUT2D eigenvalue weighted by Gasteiger charge is 2.40. The maximum atomic E-state index is 13.2. The van der Waals surface area contributed by atoms with Gasteiger partial charge in [0, 0.05) is 7.11 Å². The quantitative estimate of drug-likeness (QED) is 0.921. The number of carbonyl (C=O) groups excluding carboxylic acids is 1. The number of rotatable bonds is 4. The lowest BCUT2D eigenvalue weighted by Gasteiger charge is -2.20. The maximum absolute atomic E-state index is 13.2. The van der Waals surface area contributed by atoms with Crippen molar-refractivity contribution >= 4 is 11.8 Å². The number of halogens is 3. The highest BCUT2D eigenvalue weighted by atomic mass is 19.4. The first-order valence-corrected chi connectivity index (χ1v) is 6.59. The fourth-order valence-electron chi connectivity index (χ4n) is 1.80. The Hall–Kier alpha value is -1.77. The monoisotopic (exact) mass is 323 g/mol. The molecule has 0 bridgehead atoms. The Bertz CT molecular complexity index is 521. The number of alkyl halides is 3. The lowest BCUT2D eigenvalue weighted by Crippen LogP contribution is -2.28. The zero-order chi connectivity index (χ0) is 17.1. The van der Waals surface area contributed by atoms with Gasteiger partial charge in [0.2, 0.25) is 0 Å². The molecule has 6 nitrogen and oxygen atoms in total.